The first-order valence-electron chi connectivity index (χ1n) is 9.30. The highest BCUT2D eigenvalue weighted by Gasteiger charge is 2.17. The third kappa shape index (κ3) is 3.88. The minimum absolute atomic E-state index is 0.107. The molecule has 1 aromatic heterocycles. The lowest BCUT2D eigenvalue weighted by Crippen LogP contribution is -2.16. The number of hydrogen-bond donors (Lipinski definition) is 2. The smallest absolute Gasteiger partial charge is 0.262 e. The van der Waals surface area contributed by atoms with E-state index in [0.717, 1.165) is 16.8 Å². The molecule has 0 saturated heterocycles. The molecule has 150 valence electrons. The first kappa shape index (κ1) is 19.6. The fourth-order valence-electron chi connectivity index (χ4n) is 3.17. The number of ether oxygens (including phenoxy) is 1. The molecule has 0 unspecified atom stereocenters. The molecule has 1 aliphatic heterocycles. The molecule has 0 aliphatic carbocycles. The van der Waals surface area contributed by atoms with Gasteiger partial charge in [-0.2, -0.15) is 0 Å². The van der Waals surface area contributed by atoms with Crippen molar-refractivity contribution < 1.29 is 9.84 Å². The van der Waals surface area contributed by atoms with Crippen LogP contribution in [0.4, 0.5) is 5.69 Å². The number of aromatic amines is 1. The van der Waals surface area contributed by atoms with Gasteiger partial charge in [-0.05, 0) is 42.1 Å². The molecule has 0 saturated carbocycles. The van der Waals surface area contributed by atoms with Crippen molar-refractivity contribution in [1.29, 1.82) is 0 Å². The van der Waals surface area contributed by atoms with Gasteiger partial charge in [0, 0.05) is 23.9 Å². The molecule has 0 atom stereocenters. The topological polar surface area (TPSA) is 79.6 Å². The van der Waals surface area contributed by atoms with Gasteiger partial charge < -0.3 is 9.84 Å². The summed E-state index contributed by atoms with van der Waals surface area (Å²) in [5.41, 5.74) is 2.98. The summed E-state index contributed by atoms with van der Waals surface area (Å²) in [6.07, 6.45) is 4.84. The van der Waals surface area contributed by atoms with E-state index in [2.05, 4.69) is 16.6 Å². The van der Waals surface area contributed by atoms with Crippen LogP contribution in [0.25, 0.3) is 11.6 Å². The van der Waals surface area contributed by atoms with Crippen LogP contribution < -0.4 is 10.3 Å². The Morgan fingerprint density at radius 3 is 2.80 bits per heavy atom. The van der Waals surface area contributed by atoms with Crippen molar-refractivity contribution in [3.63, 3.8) is 0 Å². The molecule has 2 heterocycles. The zero-order valence-corrected chi connectivity index (χ0v) is 16.9. The molecule has 2 N–H and O–H groups in total. The van der Waals surface area contributed by atoms with Crippen LogP contribution in [0.3, 0.4) is 0 Å². The van der Waals surface area contributed by atoms with E-state index in [9.17, 15) is 9.90 Å². The Morgan fingerprint density at radius 2 is 2.03 bits per heavy atom. The highest BCUT2D eigenvalue weighted by molar-refractivity contribution is 7.71. The first-order valence-corrected chi connectivity index (χ1v) is 9.71. The van der Waals surface area contributed by atoms with Crippen LogP contribution in [0.1, 0.15) is 16.7 Å². The van der Waals surface area contributed by atoms with Crippen molar-refractivity contribution in [2.45, 2.75) is 13.2 Å². The molecule has 0 bridgehead atoms. The van der Waals surface area contributed by atoms with E-state index in [0.29, 0.717) is 17.9 Å². The van der Waals surface area contributed by atoms with Gasteiger partial charge >= 0.3 is 0 Å². The Labute approximate surface area is 178 Å². The summed E-state index contributed by atoms with van der Waals surface area (Å²) in [7, 11) is 0. The number of fused-ring (bicyclic) bond motifs is 1. The second-order valence-electron chi connectivity index (χ2n) is 6.71. The van der Waals surface area contributed by atoms with Crippen molar-refractivity contribution in [2.24, 2.45) is 4.99 Å². The molecule has 0 radical (unpaired) electrons. The van der Waals surface area contributed by atoms with Gasteiger partial charge in [-0.25, -0.2) is 0 Å². The normalized spacial score (nSPS) is 13.4. The van der Waals surface area contributed by atoms with Crippen molar-refractivity contribution in [2.75, 3.05) is 0 Å². The first-order chi connectivity index (χ1) is 14.6. The quantitative estimate of drug-likeness (QED) is 0.453. The molecule has 0 amide bonds. The second kappa shape index (κ2) is 8.34. The van der Waals surface area contributed by atoms with E-state index in [-0.39, 0.29) is 22.8 Å². The molecule has 6 nitrogen and oxygen atoms in total. The third-order valence-corrected chi connectivity index (χ3v) is 5.01. The molecular weight excluding hydrogens is 398 g/mol. The molecule has 7 heteroatoms. The number of benzene rings is 2. The minimum Gasteiger partial charge on any atom is -0.494 e. The predicted octanol–water partition coefficient (Wildman–Crippen LogP) is 4.63. The van der Waals surface area contributed by atoms with E-state index in [4.69, 9.17) is 17.0 Å². The maximum absolute atomic E-state index is 12.4. The monoisotopic (exact) mass is 417 g/mol. The van der Waals surface area contributed by atoms with Gasteiger partial charge in [-0.1, -0.05) is 36.4 Å². The number of H-pyrrole nitrogens is 1. The zero-order chi connectivity index (χ0) is 21.1. The lowest BCUT2D eigenvalue weighted by atomic mass is 10.0. The van der Waals surface area contributed by atoms with E-state index in [1.807, 2.05) is 48.5 Å². The summed E-state index contributed by atoms with van der Waals surface area (Å²) in [6, 6.07) is 15.5. The van der Waals surface area contributed by atoms with E-state index >= 15 is 0 Å². The molecular formula is C23H19N3O3S. The SMILES string of the molecule is C=CCn1c(O)c(C=C2C=Nc3ccc(OCc4ccccc4)cc32)c(=O)[nH]c1=S. The molecule has 1 aliphatic rings. The van der Waals surface area contributed by atoms with Crippen molar-refractivity contribution in [1.82, 2.24) is 9.55 Å². The zero-order valence-electron chi connectivity index (χ0n) is 16.0. The maximum Gasteiger partial charge on any atom is 0.262 e. The molecule has 2 aromatic carbocycles. The van der Waals surface area contributed by atoms with Gasteiger partial charge in [0.25, 0.3) is 5.56 Å². The lowest BCUT2D eigenvalue weighted by Gasteiger charge is -2.10. The number of aromatic hydroxyl groups is 1. The number of allylic oxidation sites excluding steroid dienone is 2. The van der Waals surface area contributed by atoms with Crippen molar-refractivity contribution in [3.8, 4) is 11.6 Å². The molecule has 0 fully saturated rings. The maximum atomic E-state index is 12.4. The highest BCUT2D eigenvalue weighted by atomic mass is 32.1. The van der Waals surface area contributed by atoms with Gasteiger partial charge in [-0.15, -0.1) is 6.58 Å². The number of rotatable bonds is 6. The Morgan fingerprint density at radius 1 is 1.23 bits per heavy atom. The van der Waals surface area contributed by atoms with Crippen LogP contribution in [-0.2, 0) is 13.2 Å². The second-order valence-corrected chi connectivity index (χ2v) is 7.09. The van der Waals surface area contributed by atoms with Crippen LogP contribution in [0.15, 0.2) is 71.0 Å². The van der Waals surface area contributed by atoms with Crippen LogP contribution in [0.2, 0.25) is 0 Å². The lowest BCUT2D eigenvalue weighted by molar-refractivity contribution is 0.306. The number of aliphatic imine (C=N–C) groups is 1. The summed E-state index contributed by atoms with van der Waals surface area (Å²) in [5, 5.41) is 10.6. The van der Waals surface area contributed by atoms with Crippen LogP contribution in [0.5, 0.6) is 11.6 Å². The van der Waals surface area contributed by atoms with Crippen LogP contribution >= 0.6 is 12.2 Å². The number of nitrogens with one attached hydrogen (secondary N) is 1. The summed E-state index contributed by atoms with van der Waals surface area (Å²) in [4.78, 5) is 19.4. The van der Waals surface area contributed by atoms with Crippen molar-refractivity contribution >= 4 is 35.8 Å². The molecule has 4 rings (SSSR count). The van der Waals surface area contributed by atoms with E-state index < -0.39 is 5.56 Å². The van der Waals surface area contributed by atoms with Crippen molar-refractivity contribution in [3.05, 3.63) is 93.0 Å². The minimum atomic E-state index is -0.469. The standard InChI is InChI=1S/C23H19N3O3S/c1-2-10-26-22(28)19(21(27)25-23(26)30)11-16-13-24-20-9-8-17(12-18(16)20)29-14-15-6-4-3-5-7-15/h2-9,11-13,28H,1,10,14H2,(H,25,27,30). The summed E-state index contributed by atoms with van der Waals surface area (Å²) in [5.74, 6) is 0.476. The fraction of sp³-hybridized carbons (Fsp3) is 0.0870. The Bertz CT molecular complexity index is 1290. The average Bonchev–Trinajstić information content (AvgIpc) is 3.15. The molecule has 0 spiro atoms. The predicted molar refractivity (Wildman–Crippen MR) is 121 cm³/mol. The largest absolute Gasteiger partial charge is 0.494 e. The number of hydrogen-bond acceptors (Lipinski definition) is 5. The average molecular weight is 417 g/mol. The van der Waals surface area contributed by atoms with Gasteiger partial charge in [-0.3, -0.25) is 19.3 Å². The van der Waals surface area contributed by atoms with E-state index in [1.54, 1.807) is 18.4 Å². The third-order valence-electron chi connectivity index (χ3n) is 4.69. The van der Waals surface area contributed by atoms with Gasteiger partial charge in [0.15, 0.2) is 4.77 Å². The molecule has 3 aromatic rings. The number of aromatic nitrogens is 2. The summed E-state index contributed by atoms with van der Waals surface area (Å²) < 4.78 is 7.44. The van der Waals surface area contributed by atoms with E-state index in [1.165, 1.54) is 4.57 Å². The Kier molecular flexibility index (Phi) is 5.45. The Balaban J connectivity index is 1.68. The van der Waals surface area contributed by atoms with Gasteiger partial charge in [0.2, 0.25) is 5.88 Å². The van der Waals surface area contributed by atoms with Crippen LogP contribution in [-0.4, -0.2) is 20.9 Å². The van der Waals surface area contributed by atoms with Crippen LogP contribution in [0, 0.1) is 4.77 Å². The summed E-state index contributed by atoms with van der Waals surface area (Å²) >= 11 is 5.12. The van der Waals surface area contributed by atoms with Gasteiger partial charge in [0.1, 0.15) is 17.9 Å². The summed E-state index contributed by atoms with van der Waals surface area (Å²) in [6.45, 7) is 4.38. The Hall–Kier alpha value is -3.71. The highest BCUT2D eigenvalue weighted by Crippen LogP contribution is 2.36. The fourth-order valence-corrected chi connectivity index (χ4v) is 3.43. The molecule has 30 heavy (non-hydrogen) atoms. The van der Waals surface area contributed by atoms with Gasteiger partial charge in [0.05, 0.1) is 5.69 Å². The number of nitrogens with zero attached hydrogens (tertiary/aromatic N) is 2.